The Bertz CT molecular complexity index is 1120. The molecule has 31 heavy (non-hydrogen) atoms. The van der Waals surface area contributed by atoms with Crippen molar-refractivity contribution in [3.63, 3.8) is 0 Å². The lowest BCUT2D eigenvalue weighted by Gasteiger charge is -2.18. The number of aliphatic hydroxyl groups excluding tert-OH is 1. The predicted molar refractivity (Wildman–Crippen MR) is 108 cm³/mol. The molecule has 1 aromatic carbocycles. The van der Waals surface area contributed by atoms with Crippen LogP contribution in [-0.2, 0) is 11.3 Å². The lowest BCUT2D eigenvalue weighted by Crippen LogP contribution is -2.21. The van der Waals surface area contributed by atoms with Gasteiger partial charge in [0.25, 0.3) is 18.5 Å². The minimum atomic E-state index is -2.92. The van der Waals surface area contributed by atoms with Crippen molar-refractivity contribution in [3.8, 4) is 0 Å². The molecule has 0 saturated heterocycles. The van der Waals surface area contributed by atoms with Crippen molar-refractivity contribution in [1.82, 2.24) is 14.8 Å². The first-order valence-corrected chi connectivity index (χ1v) is 9.14. The van der Waals surface area contributed by atoms with Gasteiger partial charge in [-0.25, -0.2) is 13.2 Å². The zero-order chi connectivity index (χ0) is 23.1. The molecule has 3 N–H and O–H groups in total. The van der Waals surface area contributed by atoms with Crippen LogP contribution in [0.4, 0.5) is 19.0 Å². The van der Waals surface area contributed by atoms with Crippen LogP contribution in [-0.4, -0.2) is 38.1 Å². The van der Waals surface area contributed by atoms with Crippen LogP contribution in [0.1, 0.15) is 36.2 Å². The van der Waals surface area contributed by atoms with E-state index < -0.39 is 23.8 Å². The predicted octanol–water partition coefficient (Wildman–Crippen LogP) is 3.04. The molecule has 166 valence electrons. The van der Waals surface area contributed by atoms with Crippen LogP contribution in [0.3, 0.4) is 0 Å². The highest BCUT2D eigenvalue weighted by molar-refractivity contribution is 5.92. The normalized spacial score (nSPS) is 11.7. The van der Waals surface area contributed by atoms with Crippen LogP contribution in [0.15, 0.2) is 35.3 Å². The number of nitrogens with zero attached hydrogens (tertiary/aromatic N) is 3. The first-order valence-electron chi connectivity index (χ1n) is 9.14. The molecule has 0 saturated carbocycles. The third kappa shape index (κ3) is 5.37. The average molecular weight is 438 g/mol. The molecule has 1 atom stereocenters. The molecule has 0 unspecified atom stereocenters. The van der Waals surface area contributed by atoms with Gasteiger partial charge in [-0.2, -0.15) is 5.10 Å². The van der Waals surface area contributed by atoms with E-state index in [4.69, 9.17) is 15.0 Å². The number of hydrogen-bond acceptors (Lipinski definition) is 6. The molecule has 0 spiro atoms. The highest BCUT2D eigenvalue weighted by Gasteiger charge is 2.20. The second-order valence-corrected chi connectivity index (χ2v) is 6.51. The van der Waals surface area contributed by atoms with E-state index in [1.54, 1.807) is 13.8 Å². The van der Waals surface area contributed by atoms with Crippen LogP contribution in [0.2, 0.25) is 0 Å². The number of benzene rings is 1. The minimum Gasteiger partial charge on any atom is -0.483 e. The quantitative estimate of drug-likeness (QED) is 0.507. The molecule has 2 heterocycles. The highest BCUT2D eigenvalue weighted by atomic mass is 19.3. The van der Waals surface area contributed by atoms with Crippen LogP contribution < -0.4 is 10.9 Å². The third-order valence-electron chi connectivity index (χ3n) is 4.53. The zero-order valence-electron chi connectivity index (χ0n) is 16.7. The number of halogens is 3. The van der Waals surface area contributed by atoms with Gasteiger partial charge >= 0.3 is 0 Å². The van der Waals surface area contributed by atoms with Gasteiger partial charge in [0, 0.05) is 35.1 Å². The van der Waals surface area contributed by atoms with Crippen LogP contribution in [0.25, 0.3) is 10.8 Å². The molecule has 0 aliphatic heterocycles. The van der Waals surface area contributed by atoms with Crippen molar-refractivity contribution in [2.24, 2.45) is 0 Å². The molecule has 0 aliphatic rings. The van der Waals surface area contributed by atoms with E-state index in [-0.39, 0.29) is 36.6 Å². The Hall–Kier alpha value is -3.47. The van der Waals surface area contributed by atoms with Crippen molar-refractivity contribution in [2.75, 3.05) is 11.9 Å². The number of carbonyl (C=O) groups is 1. The first kappa shape index (κ1) is 23.8. The van der Waals surface area contributed by atoms with Gasteiger partial charge in [0.1, 0.15) is 5.82 Å². The van der Waals surface area contributed by atoms with Gasteiger partial charge in [-0.1, -0.05) is 18.2 Å². The SMILES string of the molecule is Cc1nnc(N[C@H](C)c2cccc(C(F)F)c2F)c2cn(CCO)c(=O)cc12.O=CO. The van der Waals surface area contributed by atoms with Crippen molar-refractivity contribution in [3.05, 3.63) is 63.5 Å². The smallest absolute Gasteiger partial charge is 0.290 e. The summed E-state index contributed by atoms with van der Waals surface area (Å²) in [5.41, 5.74) is -0.362. The van der Waals surface area contributed by atoms with Gasteiger partial charge in [-0.15, -0.1) is 5.10 Å². The zero-order valence-corrected chi connectivity index (χ0v) is 16.7. The molecule has 0 fully saturated rings. The minimum absolute atomic E-state index is 0.0667. The van der Waals surface area contributed by atoms with E-state index in [2.05, 4.69) is 15.5 Å². The topological polar surface area (TPSA) is 117 Å². The maximum Gasteiger partial charge on any atom is 0.290 e. The molecule has 0 aliphatic carbocycles. The van der Waals surface area contributed by atoms with Crippen molar-refractivity contribution >= 4 is 23.1 Å². The van der Waals surface area contributed by atoms with Crippen LogP contribution in [0.5, 0.6) is 0 Å². The van der Waals surface area contributed by atoms with Crippen LogP contribution >= 0.6 is 0 Å². The number of aliphatic hydroxyl groups is 1. The molecule has 8 nitrogen and oxygen atoms in total. The van der Waals surface area contributed by atoms with E-state index in [9.17, 15) is 18.0 Å². The molecule has 3 aromatic rings. The Morgan fingerprint density at radius 1 is 1.23 bits per heavy atom. The number of rotatable bonds is 6. The lowest BCUT2D eigenvalue weighted by atomic mass is 10.0. The van der Waals surface area contributed by atoms with Gasteiger partial charge in [0.15, 0.2) is 5.82 Å². The lowest BCUT2D eigenvalue weighted by molar-refractivity contribution is -0.122. The third-order valence-corrected chi connectivity index (χ3v) is 4.53. The summed E-state index contributed by atoms with van der Waals surface area (Å²) >= 11 is 0. The number of aryl methyl sites for hydroxylation is 1. The maximum atomic E-state index is 14.4. The summed E-state index contributed by atoms with van der Waals surface area (Å²) in [7, 11) is 0. The Kier molecular flexibility index (Phi) is 8.08. The summed E-state index contributed by atoms with van der Waals surface area (Å²) in [6.45, 7) is 2.96. The maximum absolute atomic E-state index is 14.4. The molecule has 11 heteroatoms. The number of alkyl halides is 2. The molecular formula is C20H21F3N4O4. The Balaban J connectivity index is 0.00000107. The largest absolute Gasteiger partial charge is 0.483 e. The molecule has 0 amide bonds. The van der Waals surface area contributed by atoms with Crippen molar-refractivity contribution in [1.29, 1.82) is 0 Å². The molecular weight excluding hydrogens is 417 g/mol. The fraction of sp³-hybridized carbons (Fsp3) is 0.300. The molecule has 2 aromatic heterocycles. The number of anilines is 1. The average Bonchev–Trinajstić information content (AvgIpc) is 2.72. The van der Waals surface area contributed by atoms with Crippen molar-refractivity contribution in [2.45, 2.75) is 32.9 Å². The summed E-state index contributed by atoms with van der Waals surface area (Å²) < 4.78 is 41.7. The van der Waals surface area contributed by atoms with Gasteiger partial charge < -0.3 is 20.1 Å². The standard InChI is InChI=1S/C19H19F3N4O2.CH2O2/c1-10(12-4-3-5-13(17(12)20)18(21)22)23-19-15-9-26(6-7-27)16(28)8-14(15)11(2)24-25-19;2-1-3/h3-5,8-10,18,27H,6-7H2,1-2H3,(H,23,25);1H,(H,2,3)/t10-;/m1./s1. The second kappa shape index (κ2) is 10.5. The Morgan fingerprint density at radius 2 is 1.87 bits per heavy atom. The van der Waals surface area contributed by atoms with E-state index in [1.807, 2.05) is 0 Å². The Morgan fingerprint density at radius 3 is 2.48 bits per heavy atom. The molecule has 0 bridgehead atoms. The van der Waals surface area contributed by atoms with E-state index >= 15 is 0 Å². The van der Waals surface area contributed by atoms with E-state index in [0.717, 1.165) is 6.07 Å². The number of carboxylic acid groups (broad SMARTS) is 1. The summed E-state index contributed by atoms with van der Waals surface area (Å²) in [6.07, 6.45) is -1.38. The first-order chi connectivity index (χ1) is 14.7. The fourth-order valence-corrected chi connectivity index (χ4v) is 3.04. The monoisotopic (exact) mass is 438 g/mol. The summed E-state index contributed by atoms with van der Waals surface area (Å²) in [5.74, 6) is -0.694. The summed E-state index contributed by atoms with van der Waals surface area (Å²) in [4.78, 5) is 20.5. The van der Waals surface area contributed by atoms with Gasteiger partial charge in [0.05, 0.1) is 23.9 Å². The second-order valence-electron chi connectivity index (χ2n) is 6.51. The number of aromatic nitrogens is 3. The van der Waals surface area contributed by atoms with Crippen LogP contribution in [0, 0.1) is 12.7 Å². The van der Waals surface area contributed by atoms with Crippen molar-refractivity contribution < 1.29 is 28.2 Å². The number of fused-ring (bicyclic) bond motifs is 1. The molecule has 3 rings (SSSR count). The van der Waals surface area contributed by atoms with Gasteiger partial charge in [-0.05, 0) is 13.8 Å². The highest BCUT2D eigenvalue weighted by Crippen LogP contribution is 2.30. The summed E-state index contributed by atoms with van der Waals surface area (Å²) in [6, 6.07) is 4.55. The van der Waals surface area contributed by atoms with E-state index in [1.165, 1.54) is 29.0 Å². The number of nitrogens with one attached hydrogen (secondary N) is 1. The Labute approximate surface area is 175 Å². The summed E-state index contributed by atoms with van der Waals surface area (Å²) in [5, 5.41) is 28.2. The van der Waals surface area contributed by atoms with Gasteiger partial charge in [-0.3, -0.25) is 9.59 Å². The van der Waals surface area contributed by atoms with E-state index in [0.29, 0.717) is 16.5 Å². The van der Waals surface area contributed by atoms with Gasteiger partial charge in [0.2, 0.25) is 0 Å². The number of pyridine rings is 1. The number of hydrogen-bond donors (Lipinski definition) is 3. The molecule has 0 radical (unpaired) electrons. The fourth-order valence-electron chi connectivity index (χ4n) is 3.04.